The zero-order valence-electron chi connectivity index (χ0n) is 14.6. The van der Waals surface area contributed by atoms with Crippen LogP contribution in [0, 0.1) is 18.3 Å². The number of sulfonamides is 1. The Labute approximate surface area is 162 Å². The predicted octanol–water partition coefficient (Wildman–Crippen LogP) is 3.29. The van der Waals surface area contributed by atoms with Crippen molar-refractivity contribution in [3.8, 4) is 17.3 Å². The summed E-state index contributed by atoms with van der Waals surface area (Å²) in [5, 5.41) is 20.6. The minimum atomic E-state index is -3.82. The SMILES string of the molecule is Cc1nc(-c2ccc(CCNc3ccc(S(N)(=O)=O)cc3C#N)cc2)cs1. The minimum Gasteiger partial charge on any atom is -0.384 e. The lowest BCUT2D eigenvalue weighted by molar-refractivity contribution is 0.598. The highest BCUT2D eigenvalue weighted by Gasteiger charge is 2.11. The van der Waals surface area contributed by atoms with Crippen LogP contribution in [0.1, 0.15) is 16.1 Å². The van der Waals surface area contributed by atoms with Gasteiger partial charge in [-0.2, -0.15) is 5.26 Å². The molecule has 6 nitrogen and oxygen atoms in total. The minimum absolute atomic E-state index is 0.0718. The number of aromatic nitrogens is 1. The fraction of sp³-hybridized carbons (Fsp3) is 0.158. The van der Waals surface area contributed by atoms with Gasteiger partial charge >= 0.3 is 0 Å². The zero-order valence-corrected chi connectivity index (χ0v) is 16.3. The number of primary sulfonamides is 1. The number of benzene rings is 2. The number of nitrogens with zero attached hydrogens (tertiary/aromatic N) is 2. The van der Waals surface area contributed by atoms with E-state index in [-0.39, 0.29) is 10.5 Å². The molecular formula is C19H18N4O2S2. The van der Waals surface area contributed by atoms with E-state index in [1.165, 1.54) is 12.1 Å². The van der Waals surface area contributed by atoms with E-state index in [1.807, 2.05) is 30.5 Å². The molecule has 0 aliphatic carbocycles. The highest BCUT2D eigenvalue weighted by atomic mass is 32.2. The molecule has 2 aromatic carbocycles. The lowest BCUT2D eigenvalue weighted by atomic mass is 10.1. The van der Waals surface area contributed by atoms with Crippen molar-refractivity contribution in [2.45, 2.75) is 18.2 Å². The van der Waals surface area contributed by atoms with Gasteiger partial charge in [-0.25, -0.2) is 18.5 Å². The van der Waals surface area contributed by atoms with Gasteiger partial charge in [0.25, 0.3) is 0 Å². The summed E-state index contributed by atoms with van der Waals surface area (Å²) in [6, 6.07) is 14.4. The Morgan fingerprint density at radius 1 is 1.22 bits per heavy atom. The molecule has 0 saturated carbocycles. The Hall–Kier alpha value is -2.73. The van der Waals surface area contributed by atoms with E-state index in [1.54, 1.807) is 17.4 Å². The Bertz CT molecular complexity index is 1100. The molecule has 3 aromatic rings. The first-order chi connectivity index (χ1) is 12.9. The number of thiazole rings is 1. The van der Waals surface area contributed by atoms with Crippen molar-refractivity contribution in [2.75, 3.05) is 11.9 Å². The number of aryl methyl sites for hydroxylation is 1. The predicted molar refractivity (Wildman–Crippen MR) is 107 cm³/mol. The van der Waals surface area contributed by atoms with Gasteiger partial charge in [-0.05, 0) is 37.1 Å². The molecule has 0 aliphatic heterocycles. The van der Waals surface area contributed by atoms with E-state index in [4.69, 9.17) is 5.14 Å². The molecule has 138 valence electrons. The molecule has 0 unspecified atom stereocenters. The van der Waals surface area contributed by atoms with Crippen LogP contribution in [0.4, 0.5) is 5.69 Å². The van der Waals surface area contributed by atoms with Crippen molar-refractivity contribution in [1.29, 1.82) is 5.26 Å². The Balaban J connectivity index is 1.64. The molecule has 3 rings (SSSR count). The van der Waals surface area contributed by atoms with E-state index in [0.717, 1.165) is 28.2 Å². The molecule has 0 spiro atoms. The first-order valence-corrected chi connectivity index (χ1v) is 10.6. The zero-order chi connectivity index (χ0) is 19.4. The average molecular weight is 399 g/mol. The normalized spacial score (nSPS) is 11.1. The molecule has 8 heteroatoms. The highest BCUT2D eigenvalue weighted by molar-refractivity contribution is 7.89. The summed E-state index contributed by atoms with van der Waals surface area (Å²) < 4.78 is 22.8. The van der Waals surface area contributed by atoms with E-state index in [9.17, 15) is 13.7 Å². The second-order valence-electron chi connectivity index (χ2n) is 5.99. The van der Waals surface area contributed by atoms with Crippen LogP contribution in [0.15, 0.2) is 52.7 Å². The van der Waals surface area contributed by atoms with Crippen molar-refractivity contribution in [2.24, 2.45) is 5.14 Å². The largest absolute Gasteiger partial charge is 0.384 e. The smallest absolute Gasteiger partial charge is 0.238 e. The molecule has 0 saturated heterocycles. The molecule has 0 radical (unpaired) electrons. The molecule has 0 amide bonds. The molecule has 0 aliphatic rings. The molecular weight excluding hydrogens is 380 g/mol. The fourth-order valence-corrected chi connectivity index (χ4v) is 3.79. The summed E-state index contributed by atoms with van der Waals surface area (Å²) in [4.78, 5) is 4.41. The standard InChI is InChI=1S/C19H18N4O2S2/c1-13-23-19(12-26-13)15-4-2-14(3-5-15)8-9-22-18-7-6-17(27(21,24)25)10-16(18)11-20/h2-7,10,12,22H,8-9H2,1H3,(H2,21,24,25). The lowest BCUT2D eigenvalue weighted by Gasteiger charge is -2.10. The second-order valence-corrected chi connectivity index (χ2v) is 8.61. The second kappa shape index (κ2) is 7.88. The van der Waals surface area contributed by atoms with Gasteiger partial charge in [-0.15, -0.1) is 11.3 Å². The molecule has 1 aromatic heterocycles. The summed E-state index contributed by atoms with van der Waals surface area (Å²) in [6.45, 7) is 2.59. The quantitative estimate of drug-likeness (QED) is 0.662. The third kappa shape index (κ3) is 4.71. The van der Waals surface area contributed by atoms with Crippen LogP contribution < -0.4 is 10.5 Å². The van der Waals surface area contributed by atoms with Crippen molar-refractivity contribution >= 4 is 27.0 Å². The third-order valence-electron chi connectivity index (χ3n) is 4.04. The van der Waals surface area contributed by atoms with Gasteiger partial charge < -0.3 is 5.32 Å². The molecule has 3 N–H and O–H groups in total. The van der Waals surface area contributed by atoms with E-state index in [0.29, 0.717) is 12.2 Å². The number of rotatable bonds is 6. The molecule has 0 atom stereocenters. The van der Waals surface area contributed by atoms with E-state index < -0.39 is 10.0 Å². The number of anilines is 1. The van der Waals surface area contributed by atoms with Crippen molar-refractivity contribution in [3.63, 3.8) is 0 Å². The van der Waals surface area contributed by atoms with Crippen molar-refractivity contribution in [1.82, 2.24) is 4.98 Å². The maximum Gasteiger partial charge on any atom is 0.238 e. The molecule has 0 fully saturated rings. The highest BCUT2D eigenvalue weighted by Crippen LogP contribution is 2.22. The van der Waals surface area contributed by atoms with E-state index >= 15 is 0 Å². The maximum absolute atomic E-state index is 11.4. The number of nitrogens with two attached hydrogens (primary N) is 1. The summed E-state index contributed by atoms with van der Waals surface area (Å²) in [5.41, 5.74) is 4.05. The Kier molecular flexibility index (Phi) is 5.56. The van der Waals surface area contributed by atoms with Crippen LogP contribution in [0.25, 0.3) is 11.3 Å². The van der Waals surface area contributed by atoms with Gasteiger partial charge in [-0.1, -0.05) is 24.3 Å². The number of hydrogen-bond acceptors (Lipinski definition) is 6. The van der Waals surface area contributed by atoms with Crippen LogP contribution in [-0.2, 0) is 16.4 Å². The summed E-state index contributed by atoms with van der Waals surface area (Å²) >= 11 is 1.63. The molecule has 0 bridgehead atoms. The Morgan fingerprint density at radius 3 is 2.56 bits per heavy atom. The summed E-state index contributed by atoms with van der Waals surface area (Å²) in [7, 11) is -3.82. The lowest BCUT2D eigenvalue weighted by Crippen LogP contribution is -2.13. The van der Waals surface area contributed by atoms with Gasteiger partial charge in [0, 0.05) is 17.5 Å². The number of nitriles is 1. The van der Waals surface area contributed by atoms with Crippen LogP contribution in [0.5, 0.6) is 0 Å². The van der Waals surface area contributed by atoms with E-state index in [2.05, 4.69) is 22.4 Å². The van der Waals surface area contributed by atoms with Crippen molar-refractivity contribution < 1.29 is 8.42 Å². The van der Waals surface area contributed by atoms with Crippen LogP contribution in [0.3, 0.4) is 0 Å². The van der Waals surface area contributed by atoms with Gasteiger partial charge in [0.1, 0.15) is 6.07 Å². The summed E-state index contributed by atoms with van der Waals surface area (Å²) in [5.74, 6) is 0. The van der Waals surface area contributed by atoms with Crippen LogP contribution in [0.2, 0.25) is 0 Å². The van der Waals surface area contributed by atoms with Crippen molar-refractivity contribution in [3.05, 3.63) is 64.0 Å². The molecule has 1 heterocycles. The third-order valence-corrected chi connectivity index (χ3v) is 5.72. The maximum atomic E-state index is 11.4. The van der Waals surface area contributed by atoms with Gasteiger partial charge in [0.05, 0.1) is 26.8 Å². The van der Waals surface area contributed by atoms with Crippen LogP contribution >= 0.6 is 11.3 Å². The first kappa shape index (κ1) is 19.0. The topological polar surface area (TPSA) is 109 Å². The van der Waals surface area contributed by atoms with Crippen LogP contribution in [-0.4, -0.2) is 19.9 Å². The van der Waals surface area contributed by atoms with Gasteiger partial charge in [-0.3, -0.25) is 0 Å². The average Bonchev–Trinajstić information content (AvgIpc) is 3.08. The number of nitrogens with one attached hydrogen (secondary N) is 1. The Morgan fingerprint density at radius 2 is 1.96 bits per heavy atom. The first-order valence-electron chi connectivity index (χ1n) is 8.19. The van der Waals surface area contributed by atoms with Gasteiger partial charge in [0.2, 0.25) is 10.0 Å². The monoisotopic (exact) mass is 398 g/mol. The fourth-order valence-electron chi connectivity index (χ4n) is 2.63. The van der Waals surface area contributed by atoms with Gasteiger partial charge in [0.15, 0.2) is 0 Å². The summed E-state index contributed by atoms with van der Waals surface area (Å²) in [6.07, 6.45) is 0.762. The number of hydrogen-bond donors (Lipinski definition) is 2. The molecule has 27 heavy (non-hydrogen) atoms.